The number of hydrogen-bond acceptors (Lipinski definition) is 8. The van der Waals surface area contributed by atoms with Crippen molar-refractivity contribution in [1.82, 2.24) is 19.7 Å². The first-order chi connectivity index (χ1) is 18.4. The van der Waals surface area contributed by atoms with E-state index in [4.69, 9.17) is 32.9 Å². The van der Waals surface area contributed by atoms with Gasteiger partial charge in [0.15, 0.2) is 11.0 Å². The lowest BCUT2D eigenvalue weighted by molar-refractivity contribution is -0.140. The number of piperidine rings is 1. The third kappa shape index (κ3) is 5.92. The minimum atomic E-state index is -0.447. The van der Waals surface area contributed by atoms with E-state index in [1.165, 1.54) is 7.11 Å². The molecule has 3 heterocycles. The van der Waals surface area contributed by atoms with Crippen LogP contribution in [0.15, 0.2) is 52.6 Å². The summed E-state index contributed by atoms with van der Waals surface area (Å²) in [5.41, 5.74) is 3.15. The number of benzene rings is 2. The summed E-state index contributed by atoms with van der Waals surface area (Å²) in [6.45, 7) is 2.68. The molecule has 1 atom stereocenters. The van der Waals surface area contributed by atoms with E-state index < -0.39 is 6.04 Å². The summed E-state index contributed by atoms with van der Waals surface area (Å²) in [5.74, 6) is 1.17. The zero-order chi connectivity index (χ0) is 26.6. The molecule has 1 N–H and O–H groups in total. The first-order valence-electron chi connectivity index (χ1n) is 12.6. The molecule has 5 rings (SSSR count). The van der Waals surface area contributed by atoms with Crippen LogP contribution in [-0.2, 0) is 9.53 Å². The maximum Gasteiger partial charge on any atom is 0.305 e. The summed E-state index contributed by atoms with van der Waals surface area (Å²) >= 11 is 14.7. The molecule has 2 aromatic carbocycles. The molecule has 0 saturated carbocycles. The van der Waals surface area contributed by atoms with Gasteiger partial charge in [-0.25, -0.2) is 0 Å². The van der Waals surface area contributed by atoms with E-state index in [0.29, 0.717) is 28.0 Å². The molecule has 38 heavy (non-hydrogen) atoms. The van der Waals surface area contributed by atoms with Crippen molar-refractivity contribution in [2.45, 2.75) is 43.0 Å². The lowest BCUT2D eigenvalue weighted by Crippen LogP contribution is -2.37. The quantitative estimate of drug-likeness (QED) is 0.300. The van der Waals surface area contributed by atoms with Gasteiger partial charge in [0.05, 0.1) is 24.6 Å². The van der Waals surface area contributed by atoms with Crippen LogP contribution in [0.25, 0.3) is 5.69 Å². The molecule has 2 aliphatic rings. The Morgan fingerprint density at radius 1 is 1.13 bits per heavy atom. The molecule has 1 fully saturated rings. The maximum atomic E-state index is 12.1. The normalized spacial score (nSPS) is 17.9. The SMILES string of the molecule is COC(=O)CC[C@H]1N=C(c2ccccc2Cl)c2cc(Cl)ccc2-n2c(SCCN3CCC(O)CC3)nnc21. The molecule has 0 aliphatic carbocycles. The number of nitrogens with zero attached hydrogens (tertiary/aromatic N) is 5. The van der Waals surface area contributed by atoms with Crippen LogP contribution in [0.5, 0.6) is 0 Å². The van der Waals surface area contributed by atoms with Crippen molar-refractivity contribution in [3.63, 3.8) is 0 Å². The molecule has 200 valence electrons. The minimum Gasteiger partial charge on any atom is -0.469 e. The standard InChI is InChI=1S/C27H29Cl2N5O3S/c1-37-24(36)9-7-22-26-31-32-27(38-15-14-33-12-10-18(35)11-13-33)34(26)23-8-6-17(28)16-20(23)25(30-22)19-4-2-3-5-21(19)29/h2-6,8,16,18,22,35H,7,9-15H2,1H3/t22-/m1/s1. The number of aliphatic imine (C=N–C) groups is 1. The van der Waals surface area contributed by atoms with Gasteiger partial charge in [-0.2, -0.15) is 0 Å². The van der Waals surface area contributed by atoms with Crippen LogP contribution >= 0.6 is 35.0 Å². The van der Waals surface area contributed by atoms with Gasteiger partial charge in [-0.15, -0.1) is 10.2 Å². The molecule has 0 bridgehead atoms. The second kappa shape index (κ2) is 12.2. The molecule has 1 aromatic heterocycles. The van der Waals surface area contributed by atoms with Gasteiger partial charge in [-0.3, -0.25) is 14.4 Å². The summed E-state index contributed by atoms with van der Waals surface area (Å²) in [7, 11) is 1.38. The highest BCUT2D eigenvalue weighted by molar-refractivity contribution is 7.99. The van der Waals surface area contributed by atoms with Gasteiger partial charge >= 0.3 is 5.97 Å². The van der Waals surface area contributed by atoms with E-state index in [1.54, 1.807) is 11.8 Å². The number of carbonyl (C=O) groups excluding carboxylic acids is 1. The summed E-state index contributed by atoms with van der Waals surface area (Å²) in [6.07, 6.45) is 2.02. The van der Waals surface area contributed by atoms with Crippen molar-refractivity contribution in [3.05, 3.63) is 69.5 Å². The molecular formula is C27H29Cl2N5O3S. The first kappa shape index (κ1) is 27.1. The number of rotatable bonds is 8. The molecule has 3 aromatic rings. The summed E-state index contributed by atoms with van der Waals surface area (Å²) < 4.78 is 6.93. The fourth-order valence-corrected chi connectivity index (χ4v) is 6.17. The highest BCUT2D eigenvalue weighted by Crippen LogP contribution is 2.37. The lowest BCUT2D eigenvalue weighted by Gasteiger charge is -2.29. The minimum absolute atomic E-state index is 0.188. The van der Waals surface area contributed by atoms with Crippen molar-refractivity contribution < 1.29 is 14.6 Å². The van der Waals surface area contributed by atoms with E-state index >= 15 is 0 Å². The van der Waals surface area contributed by atoms with Crippen LogP contribution in [-0.4, -0.2) is 75.1 Å². The number of fused-ring (bicyclic) bond motifs is 3. The number of aromatic nitrogens is 3. The number of carbonyl (C=O) groups is 1. The smallest absolute Gasteiger partial charge is 0.305 e. The lowest BCUT2D eigenvalue weighted by atomic mass is 10.00. The number of halogens is 2. The molecule has 2 aliphatic heterocycles. The van der Waals surface area contributed by atoms with Crippen molar-refractivity contribution >= 4 is 46.6 Å². The van der Waals surface area contributed by atoms with Crippen LogP contribution in [0.1, 0.15) is 48.7 Å². The van der Waals surface area contributed by atoms with Crippen LogP contribution < -0.4 is 0 Å². The molecule has 0 amide bonds. The van der Waals surface area contributed by atoms with Gasteiger partial charge in [0.2, 0.25) is 0 Å². The largest absolute Gasteiger partial charge is 0.469 e. The molecule has 0 unspecified atom stereocenters. The molecule has 11 heteroatoms. The monoisotopic (exact) mass is 573 g/mol. The Balaban J connectivity index is 1.53. The number of aliphatic hydroxyl groups is 1. The van der Waals surface area contributed by atoms with Crippen LogP contribution in [0.4, 0.5) is 0 Å². The fraction of sp³-hybridized carbons (Fsp3) is 0.407. The van der Waals surface area contributed by atoms with E-state index in [0.717, 1.165) is 60.2 Å². The zero-order valence-corrected chi connectivity index (χ0v) is 23.3. The Kier molecular flexibility index (Phi) is 8.70. The second-order valence-corrected chi connectivity index (χ2v) is 11.3. The molecular weight excluding hydrogens is 545 g/mol. The number of thioether (sulfide) groups is 1. The van der Waals surface area contributed by atoms with Crippen molar-refractivity contribution in [1.29, 1.82) is 0 Å². The number of ether oxygens (including phenoxy) is 1. The third-order valence-corrected chi connectivity index (χ3v) is 8.34. The van der Waals surface area contributed by atoms with Gasteiger partial charge in [-0.05, 0) is 43.5 Å². The topological polar surface area (TPSA) is 92.8 Å². The predicted octanol–water partition coefficient (Wildman–Crippen LogP) is 4.97. The average Bonchev–Trinajstić information content (AvgIpc) is 3.28. The first-order valence-corrected chi connectivity index (χ1v) is 14.4. The Labute approximate surface area is 236 Å². The van der Waals surface area contributed by atoms with Gasteiger partial charge in [-0.1, -0.05) is 53.2 Å². The Morgan fingerprint density at radius 3 is 2.68 bits per heavy atom. The van der Waals surface area contributed by atoms with Gasteiger partial charge in [0, 0.05) is 53.0 Å². The zero-order valence-electron chi connectivity index (χ0n) is 21.0. The van der Waals surface area contributed by atoms with Crippen LogP contribution in [0, 0.1) is 0 Å². The van der Waals surface area contributed by atoms with E-state index in [-0.39, 0.29) is 18.5 Å². The van der Waals surface area contributed by atoms with E-state index in [1.807, 2.05) is 47.0 Å². The highest BCUT2D eigenvalue weighted by atomic mass is 35.5. The van der Waals surface area contributed by atoms with Gasteiger partial charge in [0.25, 0.3) is 0 Å². The molecule has 0 radical (unpaired) electrons. The Bertz CT molecular complexity index is 1340. The highest BCUT2D eigenvalue weighted by Gasteiger charge is 2.30. The van der Waals surface area contributed by atoms with Crippen molar-refractivity contribution in [3.8, 4) is 5.69 Å². The number of likely N-dealkylation sites (tertiary alicyclic amines) is 1. The summed E-state index contributed by atoms with van der Waals surface area (Å²) in [6, 6.07) is 12.8. The maximum absolute atomic E-state index is 12.1. The van der Waals surface area contributed by atoms with Crippen LogP contribution in [0.2, 0.25) is 10.0 Å². The molecule has 0 spiro atoms. The second-order valence-electron chi connectivity index (χ2n) is 9.35. The van der Waals surface area contributed by atoms with Crippen molar-refractivity contribution in [2.75, 3.05) is 32.5 Å². The average molecular weight is 575 g/mol. The number of hydrogen-bond donors (Lipinski definition) is 1. The molecule has 1 saturated heterocycles. The Hall–Kier alpha value is -2.43. The third-order valence-electron chi connectivity index (χ3n) is 6.87. The van der Waals surface area contributed by atoms with Crippen LogP contribution in [0.3, 0.4) is 0 Å². The summed E-state index contributed by atoms with van der Waals surface area (Å²) in [4.78, 5) is 19.5. The van der Waals surface area contributed by atoms with Gasteiger partial charge in [0.1, 0.15) is 6.04 Å². The molecule has 8 nitrogen and oxygen atoms in total. The van der Waals surface area contributed by atoms with Gasteiger partial charge < -0.3 is 14.7 Å². The predicted molar refractivity (Wildman–Crippen MR) is 150 cm³/mol. The van der Waals surface area contributed by atoms with E-state index in [2.05, 4.69) is 15.1 Å². The summed E-state index contributed by atoms with van der Waals surface area (Å²) in [5, 5.41) is 20.8. The number of aliphatic hydroxyl groups excluding tert-OH is 1. The fourth-order valence-electron chi connectivity index (χ4n) is 4.82. The number of methoxy groups -OCH3 is 1. The number of esters is 1. The Morgan fingerprint density at radius 2 is 1.92 bits per heavy atom. The van der Waals surface area contributed by atoms with E-state index in [9.17, 15) is 9.90 Å². The van der Waals surface area contributed by atoms with Crippen molar-refractivity contribution in [2.24, 2.45) is 4.99 Å².